The fourth-order valence-corrected chi connectivity index (χ4v) is 2.73. The SMILES string of the molecule is Cc1c(Cl)cccc1C(O)CCCC1CCCO1. The van der Waals surface area contributed by atoms with E-state index in [1.165, 1.54) is 12.8 Å². The van der Waals surface area contributed by atoms with Crippen molar-refractivity contribution in [1.82, 2.24) is 0 Å². The van der Waals surface area contributed by atoms with Crippen LogP contribution in [0.15, 0.2) is 18.2 Å². The fourth-order valence-electron chi connectivity index (χ4n) is 2.55. The van der Waals surface area contributed by atoms with Crippen molar-refractivity contribution in [3.8, 4) is 0 Å². The average Bonchev–Trinajstić information content (AvgIpc) is 2.85. The Labute approximate surface area is 114 Å². The summed E-state index contributed by atoms with van der Waals surface area (Å²) in [4.78, 5) is 0. The number of rotatable bonds is 5. The van der Waals surface area contributed by atoms with E-state index >= 15 is 0 Å². The van der Waals surface area contributed by atoms with E-state index in [4.69, 9.17) is 16.3 Å². The Bertz CT molecular complexity index is 386. The molecule has 1 aliphatic heterocycles. The predicted molar refractivity (Wildman–Crippen MR) is 74.0 cm³/mol. The first-order valence-electron chi connectivity index (χ1n) is 6.73. The lowest BCUT2D eigenvalue weighted by molar-refractivity contribution is 0.0944. The van der Waals surface area contributed by atoms with E-state index in [9.17, 15) is 5.11 Å². The molecule has 0 amide bonds. The van der Waals surface area contributed by atoms with Crippen molar-refractivity contribution in [2.45, 2.75) is 51.2 Å². The number of aliphatic hydroxyl groups is 1. The van der Waals surface area contributed by atoms with Crippen LogP contribution in [0.1, 0.15) is 49.3 Å². The van der Waals surface area contributed by atoms with Gasteiger partial charge in [0.2, 0.25) is 0 Å². The lowest BCUT2D eigenvalue weighted by atomic mass is 9.98. The van der Waals surface area contributed by atoms with Crippen LogP contribution in [0.2, 0.25) is 5.02 Å². The van der Waals surface area contributed by atoms with Gasteiger partial charge in [-0.15, -0.1) is 0 Å². The molecule has 2 atom stereocenters. The molecule has 1 saturated heterocycles. The second kappa shape index (κ2) is 6.55. The van der Waals surface area contributed by atoms with Crippen molar-refractivity contribution < 1.29 is 9.84 Å². The van der Waals surface area contributed by atoms with Gasteiger partial charge in [0, 0.05) is 11.6 Å². The van der Waals surface area contributed by atoms with E-state index < -0.39 is 6.10 Å². The van der Waals surface area contributed by atoms with Crippen LogP contribution in [0, 0.1) is 6.92 Å². The number of aliphatic hydroxyl groups excluding tert-OH is 1. The highest BCUT2D eigenvalue weighted by Gasteiger charge is 2.17. The summed E-state index contributed by atoms with van der Waals surface area (Å²) in [5.74, 6) is 0. The quantitative estimate of drug-likeness (QED) is 0.874. The summed E-state index contributed by atoms with van der Waals surface area (Å²) in [7, 11) is 0. The van der Waals surface area contributed by atoms with Crippen molar-refractivity contribution in [1.29, 1.82) is 0 Å². The zero-order chi connectivity index (χ0) is 13.0. The third kappa shape index (κ3) is 3.47. The van der Waals surface area contributed by atoms with Crippen LogP contribution >= 0.6 is 11.6 Å². The number of hydrogen-bond acceptors (Lipinski definition) is 2. The molecule has 1 aliphatic rings. The molecule has 1 aromatic carbocycles. The third-order valence-electron chi connectivity index (χ3n) is 3.70. The Morgan fingerprint density at radius 2 is 2.33 bits per heavy atom. The second-order valence-corrected chi connectivity index (χ2v) is 5.44. The summed E-state index contributed by atoms with van der Waals surface area (Å²) >= 11 is 6.06. The zero-order valence-corrected chi connectivity index (χ0v) is 11.6. The Morgan fingerprint density at radius 3 is 3.06 bits per heavy atom. The van der Waals surface area contributed by atoms with Gasteiger partial charge in [0.15, 0.2) is 0 Å². The molecule has 1 aromatic rings. The van der Waals surface area contributed by atoms with Crippen LogP contribution < -0.4 is 0 Å². The second-order valence-electron chi connectivity index (χ2n) is 5.04. The maximum atomic E-state index is 10.2. The molecule has 0 saturated carbocycles. The van der Waals surface area contributed by atoms with Crippen molar-refractivity contribution >= 4 is 11.6 Å². The maximum Gasteiger partial charge on any atom is 0.0793 e. The van der Waals surface area contributed by atoms with Crippen LogP contribution in [-0.4, -0.2) is 17.8 Å². The lowest BCUT2D eigenvalue weighted by Crippen LogP contribution is -2.06. The van der Waals surface area contributed by atoms with E-state index in [1.54, 1.807) is 0 Å². The van der Waals surface area contributed by atoms with E-state index in [0.717, 1.165) is 42.0 Å². The number of hydrogen-bond donors (Lipinski definition) is 1. The Kier molecular flexibility index (Phi) is 5.04. The van der Waals surface area contributed by atoms with Gasteiger partial charge < -0.3 is 9.84 Å². The first-order chi connectivity index (χ1) is 8.68. The summed E-state index contributed by atoms with van der Waals surface area (Å²) < 4.78 is 5.58. The molecule has 2 unspecified atom stereocenters. The molecule has 0 radical (unpaired) electrons. The van der Waals surface area contributed by atoms with E-state index in [0.29, 0.717) is 6.10 Å². The monoisotopic (exact) mass is 268 g/mol. The molecule has 18 heavy (non-hydrogen) atoms. The molecule has 1 N–H and O–H groups in total. The molecule has 1 heterocycles. The van der Waals surface area contributed by atoms with Crippen molar-refractivity contribution in [2.75, 3.05) is 6.61 Å². The summed E-state index contributed by atoms with van der Waals surface area (Å²) in [5, 5.41) is 10.9. The molecule has 2 rings (SSSR count). The van der Waals surface area contributed by atoms with Crippen molar-refractivity contribution in [3.63, 3.8) is 0 Å². The molecule has 0 aliphatic carbocycles. The molecular formula is C15H21ClO2. The number of halogens is 1. The standard InChI is InChI=1S/C15H21ClO2/c1-11-13(7-3-8-14(11)16)15(17)9-2-5-12-6-4-10-18-12/h3,7-8,12,15,17H,2,4-6,9-10H2,1H3. The largest absolute Gasteiger partial charge is 0.388 e. The van der Waals surface area contributed by atoms with Gasteiger partial charge in [-0.25, -0.2) is 0 Å². The summed E-state index contributed by atoms with van der Waals surface area (Å²) in [5.41, 5.74) is 1.94. The van der Waals surface area contributed by atoms with Gasteiger partial charge in [0.25, 0.3) is 0 Å². The molecular weight excluding hydrogens is 248 g/mol. The van der Waals surface area contributed by atoms with Gasteiger partial charge >= 0.3 is 0 Å². The minimum absolute atomic E-state index is 0.412. The van der Waals surface area contributed by atoms with E-state index in [2.05, 4.69) is 0 Å². The lowest BCUT2D eigenvalue weighted by Gasteiger charge is -2.15. The maximum absolute atomic E-state index is 10.2. The summed E-state index contributed by atoms with van der Waals surface area (Å²) in [6.07, 6.45) is 5.19. The van der Waals surface area contributed by atoms with Crippen molar-refractivity contribution in [3.05, 3.63) is 34.3 Å². The van der Waals surface area contributed by atoms with Crippen LogP contribution in [0.25, 0.3) is 0 Å². The van der Waals surface area contributed by atoms with E-state index in [1.807, 2.05) is 25.1 Å². The minimum Gasteiger partial charge on any atom is -0.388 e. The molecule has 100 valence electrons. The van der Waals surface area contributed by atoms with Gasteiger partial charge in [-0.2, -0.15) is 0 Å². The van der Waals surface area contributed by atoms with Gasteiger partial charge in [-0.05, 0) is 56.2 Å². The number of benzene rings is 1. The van der Waals surface area contributed by atoms with Gasteiger partial charge in [-0.3, -0.25) is 0 Å². The molecule has 2 nitrogen and oxygen atoms in total. The summed E-state index contributed by atoms with van der Waals surface area (Å²) in [6.45, 7) is 2.86. The first kappa shape index (κ1) is 13.9. The van der Waals surface area contributed by atoms with Gasteiger partial charge in [-0.1, -0.05) is 23.7 Å². The van der Waals surface area contributed by atoms with Gasteiger partial charge in [0.05, 0.1) is 12.2 Å². The Hall–Kier alpha value is -0.570. The highest BCUT2D eigenvalue weighted by atomic mass is 35.5. The van der Waals surface area contributed by atoms with Crippen molar-refractivity contribution in [2.24, 2.45) is 0 Å². The van der Waals surface area contributed by atoms with Crippen LogP contribution in [-0.2, 0) is 4.74 Å². The van der Waals surface area contributed by atoms with Crippen LogP contribution in [0.3, 0.4) is 0 Å². The molecule has 1 fully saturated rings. The molecule has 0 aromatic heterocycles. The zero-order valence-electron chi connectivity index (χ0n) is 10.9. The fraction of sp³-hybridized carbons (Fsp3) is 0.600. The average molecular weight is 269 g/mol. The summed E-state index contributed by atoms with van der Waals surface area (Å²) in [6, 6.07) is 5.71. The normalized spacial score (nSPS) is 21.2. The molecule has 0 spiro atoms. The Balaban J connectivity index is 1.83. The Morgan fingerprint density at radius 1 is 1.50 bits per heavy atom. The molecule has 0 bridgehead atoms. The first-order valence-corrected chi connectivity index (χ1v) is 7.11. The smallest absolute Gasteiger partial charge is 0.0793 e. The van der Waals surface area contributed by atoms with Crippen LogP contribution in [0.4, 0.5) is 0 Å². The molecule has 3 heteroatoms. The minimum atomic E-state index is -0.412. The third-order valence-corrected chi connectivity index (χ3v) is 4.11. The highest BCUT2D eigenvalue weighted by molar-refractivity contribution is 6.31. The number of ether oxygens (including phenoxy) is 1. The van der Waals surface area contributed by atoms with Crippen LogP contribution in [0.5, 0.6) is 0 Å². The van der Waals surface area contributed by atoms with Gasteiger partial charge in [0.1, 0.15) is 0 Å². The highest BCUT2D eigenvalue weighted by Crippen LogP contribution is 2.28. The topological polar surface area (TPSA) is 29.5 Å². The predicted octanol–water partition coefficient (Wildman–Crippen LogP) is 4.03. The van der Waals surface area contributed by atoms with E-state index in [-0.39, 0.29) is 0 Å².